The second-order valence-corrected chi connectivity index (χ2v) is 13.8. The van der Waals surface area contributed by atoms with Gasteiger partial charge in [0.25, 0.3) is 5.91 Å². The second-order valence-electron chi connectivity index (χ2n) is 10.7. The monoisotopic (exact) mass is 664 g/mol. The van der Waals surface area contributed by atoms with E-state index in [1.54, 1.807) is 6.20 Å². The number of carbonyl (C=O) groups excluding carboxylic acids is 3. The van der Waals surface area contributed by atoms with Crippen molar-refractivity contribution < 1.29 is 19.1 Å². The number of aromatic nitrogens is 1. The van der Waals surface area contributed by atoms with Gasteiger partial charge in [0, 0.05) is 28.1 Å². The molecule has 2 atom stereocenters. The normalized spacial score (nSPS) is 17.3. The van der Waals surface area contributed by atoms with E-state index < -0.39 is 23.5 Å². The molecule has 0 radical (unpaired) electrons. The summed E-state index contributed by atoms with van der Waals surface area (Å²) >= 11 is 4.41. The van der Waals surface area contributed by atoms with Crippen LogP contribution in [0.25, 0.3) is 5.57 Å². The molecule has 1 saturated heterocycles. The number of β-lactam (4-membered cyclic amide) rings is 1. The number of thiophene rings is 1. The van der Waals surface area contributed by atoms with E-state index in [1.807, 2.05) is 109 Å². The maximum atomic E-state index is 14.3. The van der Waals surface area contributed by atoms with Crippen molar-refractivity contribution >= 4 is 68.6 Å². The Bertz CT molecular complexity index is 1840. The molecule has 0 aliphatic carbocycles. The number of benzene rings is 3. The Balaban J connectivity index is 1.21. The van der Waals surface area contributed by atoms with E-state index in [0.717, 1.165) is 26.6 Å². The third-order valence-electron chi connectivity index (χ3n) is 7.65. The Hall–Kier alpha value is -4.71. The number of para-hydroxylation sites is 1. The number of hydrogen-bond donors (Lipinski definition) is 2. The second kappa shape index (κ2) is 13.3. The smallest absolute Gasteiger partial charge is 0.356 e. The molecule has 11 heteroatoms. The van der Waals surface area contributed by atoms with Crippen molar-refractivity contribution in [2.24, 2.45) is 0 Å². The summed E-state index contributed by atoms with van der Waals surface area (Å²) in [6.45, 7) is 0. The highest BCUT2D eigenvalue weighted by Gasteiger charge is 2.55. The van der Waals surface area contributed by atoms with Gasteiger partial charge in [-0.1, -0.05) is 96.3 Å². The molecule has 0 saturated carbocycles. The summed E-state index contributed by atoms with van der Waals surface area (Å²) in [5.41, 5.74) is 3.37. The molecule has 2 aliphatic rings. The van der Waals surface area contributed by atoms with Gasteiger partial charge in [0.1, 0.15) is 17.1 Å². The van der Waals surface area contributed by atoms with Crippen molar-refractivity contribution in [3.05, 3.63) is 141 Å². The summed E-state index contributed by atoms with van der Waals surface area (Å²) in [5.74, 6) is -0.748. The number of nitrogens with zero attached hydrogens (tertiary/aromatic N) is 2. The van der Waals surface area contributed by atoms with Crippen molar-refractivity contribution in [2.75, 3.05) is 11.1 Å². The number of hydrogen-bond acceptors (Lipinski definition) is 9. The van der Waals surface area contributed by atoms with Crippen LogP contribution in [0.3, 0.4) is 0 Å². The van der Waals surface area contributed by atoms with E-state index in [-0.39, 0.29) is 23.9 Å². The molecule has 2 aromatic heterocycles. The highest BCUT2D eigenvalue weighted by molar-refractivity contribution is 8.00. The average Bonchev–Trinajstić information content (AvgIpc) is 3.79. The lowest BCUT2D eigenvalue weighted by molar-refractivity contribution is -0.154. The molecule has 2 amide bonds. The first-order valence-electron chi connectivity index (χ1n) is 14.6. The standard InChI is InChI=1S/C35H28N4O4S3/c40-28(19-25-17-10-18-44-25)38-29-32(41)39-30(34(42)43-31(22-11-4-1-5-12-22)23-13-6-2-7-14-23)26(21-45-33(29)39)27-20-36-35(46-27)37-24-15-8-3-9-16-24/h1-18,20,29,31,33H,19,21H2,(H,36,37)(H,38,40). The van der Waals surface area contributed by atoms with Gasteiger partial charge >= 0.3 is 5.97 Å². The van der Waals surface area contributed by atoms with Crippen molar-refractivity contribution in [2.45, 2.75) is 23.9 Å². The minimum Gasteiger partial charge on any atom is -0.448 e. The maximum Gasteiger partial charge on any atom is 0.356 e. The van der Waals surface area contributed by atoms with Gasteiger partial charge < -0.3 is 15.4 Å². The largest absolute Gasteiger partial charge is 0.448 e. The lowest BCUT2D eigenvalue weighted by atomic mass is 10.0. The lowest BCUT2D eigenvalue weighted by Crippen LogP contribution is -2.70. The summed E-state index contributed by atoms with van der Waals surface area (Å²) in [5, 5.41) is 8.35. The topological polar surface area (TPSA) is 101 Å². The minimum atomic E-state index is -0.738. The van der Waals surface area contributed by atoms with Crippen LogP contribution in [0.4, 0.5) is 10.8 Å². The molecule has 8 nitrogen and oxygen atoms in total. The van der Waals surface area contributed by atoms with Crippen LogP contribution in [0.5, 0.6) is 0 Å². The molecule has 2 N–H and O–H groups in total. The number of esters is 1. The van der Waals surface area contributed by atoms with Crippen molar-refractivity contribution in [3.8, 4) is 0 Å². The summed E-state index contributed by atoms with van der Waals surface area (Å²) in [6.07, 6.45) is 1.23. The van der Waals surface area contributed by atoms with Crippen LogP contribution < -0.4 is 10.6 Å². The molecule has 230 valence electrons. The van der Waals surface area contributed by atoms with Gasteiger partial charge in [-0.3, -0.25) is 14.5 Å². The van der Waals surface area contributed by atoms with Gasteiger partial charge in [-0.05, 0) is 34.7 Å². The highest BCUT2D eigenvalue weighted by Crippen LogP contribution is 2.46. The number of ether oxygens (including phenoxy) is 1. The quantitative estimate of drug-likeness (QED) is 0.128. The first-order valence-corrected chi connectivity index (χ1v) is 17.4. The Morgan fingerprint density at radius 2 is 1.59 bits per heavy atom. The van der Waals surface area contributed by atoms with Crippen molar-refractivity contribution in [1.29, 1.82) is 0 Å². The van der Waals surface area contributed by atoms with Crippen LogP contribution in [-0.2, 0) is 25.5 Å². The molecule has 1 fully saturated rings. The fourth-order valence-corrected chi connectivity index (χ4v) is 8.50. The number of fused-ring (bicyclic) bond motifs is 1. The van der Waals surface area contributed by atoms with Crippen molar-refractivity contribution in [1.82, 2.24) is 15.2 Å². The molecule has 0 bridgehead atoms. The summed E-state index contributed by atoms with van der Waals surface area (Å²) < 4.78 is 6.29. The highest BCUT2D eigenvalue weighted by atomic mass is 32.2. The number of nitrogens with one attached hydrogen (secondary N) is 2. The third-order valence-corrected chi connectivity index (χ3v) is 10.8. The molecule has 4 heterocycles. The van der Waals surface area contributed by atoms with Crippen LogP contribution in [0.2, 0.25) is 0 Å². The minimum absolute atomic E-state index is 0.185. The molecular weight excluding hydrogens is 637 g/mol. The SMILES string of the molecule is O=C(Cc1cccs1)NC1C(=O)N2C(C(=O)OC(c3ccccc3)c3ccccc3)=C(c3cnc(Nc4ccccc4)s3)CSC12. The predicted octanol–water partition coefficient (Wildman–Crippen LogP) is 6.63. The molecular formula is C35H28N4O4S3. The molecule has 5 aromatic rings. The number of anilines is 2. The van der Waals surface area contributed by atoms with Gasteiger partial charge in [0.15, 0.2) is 11.2 Å². The number of rotatable bonds is 10. The zero-order valence-corrected chi connectivity index (χ0v) is 26.8. The first-order chi connectivity index (χ1) is 22.5. The molecule has 2 aliphatic heterocycles. The van der Waals surface area contributed by atoms with Crippen LogP contribution in [0.15, 0.2) is 120 Å². The van der Waals surface area contributed by atoms with Crippen LogP contribution >= 0.6 is 34.4 Å². The average molecular weight is 665 g/mol. The molecule has 3 aromatic carbocycles. The Kier molecular flexibility index (Phi) is 8.69. The predicted molar refractivity (Wildman–Crippen MR) is 183 cm³/mol. The summed E-state index contributed by atoms with van der Waals surface area (Å²) in [6, 6.07) is 31.8. The zero-order chi connectivity index (χ0) is 31.5. The van der Waals surface area contributed by atoms with E-state index in [4.69, 9.17) is 4.74 Å². The number of thioether (sulfide) groups is 1. The molecule has 46 heavy (non-hydrogen) atoms. The fraction of sp³-hybridized carbons (Fsp3) is 0.143. The van der Waals surface area contributed by atoms with Crippen molar-refractivity contribution in [3.63, 3.8) is 0 Å². The summed E-state index contributed by atoms with van der Waals surface area (Å²) in [7, 11) is 0. The molecule has 7 rings (SSSR count). The van der Waals surface area contributed by atoms with Gasteiger partial charge in [0.2, 0.25) is 5.91 Å². The zero-order valence-electron chi connectivity index (χ0n) is 24.4. The van der Waals surface area contributed by atoms with E-state index in [1.165, 1.54) is 39.3 Å². The lowest BCUT2D eigenvalue weighted by Gasteiger charge is -2.49. The number of carbonyl (C=O) groups is 3. The Morgan fingerprint density at radius 1 is 0.913 bits per heavy atom. The molecule has 2 unspecified atom stereocenters. The third kappa shape index (κ3) is 6.21. The van der Waals surface area contributed by atoms with E-state index in [9.17, 15) is 14.4 Å². The van der Waals surface area contributed by atoms with Gasteiger partial charge in [-0.15, -0.1) is 23.1 Å². The Labute approximate surface area is 278 Å². The van der Waals surface area contributed by atoms with E-state index in [0.29, 0.717) is 16.5 Å². The molecule has 0 spiro atoms. The van der Waals surface area contributed by atoms with Gasteiger partial charge in [0.05, 0.1) is 11.3 Å². The number of amides is 2. The first kappa shape index (κ1) is 30.0. The van der Waals surface area contributed by atoms with E-state index in [2.05, 4.69) is 15.6 Å². The number of thiazole rings is 1. The fourth-order valence-electron chi connectivity index (χ4n) is 5.46. The van der Waals surface area contributed by atoms with E-state index >= 15 is 0 Å². The Morgan fingerprint density at radius 3 is 2.24 bits per heavy atom. The van der Waals surface area contributed by atoms with Crippen LogP contribution in [0, 0.1) is 0 Å². The summed E-state index contributed by atoms with van der Waals surface area (Å²) in [4.78, 5) is 48.6. The van der Waals surface area contributed by atoms with Crippen LogP contribution in [0.1, 0.15) is 27.0 Å². The maximum absolute atomic E-state index is 14.3. The van der Waals surface area contributed by atoms with Gasteiger partial charge in [-0.25, -0.2) is 9.78 Å². The van der Waals surface area contributed by atoms with Crippen LogP contribution in [-0.4, -0.2) is 44.8 Å². The van der Waals surface area contributed by atoms with Gasteiger partial charge in [-0.2, -0.15) is 0 Å².